The van der Waals surface area contributed by atoms with Crippen LogP contribution in [0.25, 0.3) is 17.0 Å². The van der Waals surface area contributed by atoms with Gasteiger partial charge in [-0.2, -0.15) is 15.0 Å². The molecule has 0 unspecified atom stereocenters. The van der Waals surface area contributed by atoms with E-state index in [9.17, 15) is 17.2 Å². The minimum atomic E-state index is -3.15. The predicted molar refractivity (Wildman–Crippen MR) is 146 cm³/mol. The third-order valence-electron chi connectivity index (χ3n) is 8.09. The molecule has 10 nitrogen and oxygen atoms in total. The highest BCUT2D eigenvalue weighted by Gasteiger charge is 2.37. The number of ether oxygens (including phenoxy) is 1. The number of aromatic nitrogens is 5. The van der Waals surface area contributed by atoms with Crippen LogP contribution >= 0.6 is 0 Å². The number of hydrogen-bond donors (Lipinski definition) is 1. The number of alkyl halides is 2. The standard InChI is InChI=1S/C27H35F2N7O3S/c28-24(29)25-30-21-5-1-2-6-22(21)36(25)27-32-23(31-26(33-27)35-14-16-39-17-15-35)7-3-4-18-8-10-19(11-9-18)34-40(37,38)20-12-13-20/h1-2,5-6,18-20,24,34H,3-4,7-17H2. The lowest BCUT2D eigenvalue weighted by Crippen LogP contribution is -2.39. The number of rotatable bonds is 10. The van der Waals surface area contributed by atoms with Crippen molar-refractivity contribution in [1.82, 2.24) is 29.2 Å². The SMILES string of the molecule is O=S(=O)(NC1CCC(CCCc2nc(N3CCOCC3)nc(-n3c(C(F)F)nc4ccccc43)n2)CC1)C1CC1. The number of morpholine rings is 1. The van der Waals surface area contributed by atoms with E-state index < -0.39 is 16.4 Å². The quantitative estimate of drug-likeness (QED) is 0.387. The fourth-order valence-electron chi connectivity index (χ4n) is 5.74. The van der Waals surface area contributed by atoms with Crippen LogP contribution in [0.1, 0.15) is 69.4 Å². The number of nitrogens with zero attached hydrogens (tertiary/aromatic N) is 6. The minimum Gasteiger partial charge on any atom is -0.378 e. The summed E-state index contributed by atoms with van der Waals surface area (Å²) in [5, 5.41) is -0.185. The zero-order valence-electron chi connectivity index (χ0n) is 22.4. The molecule has 0 amide bonds. The molecule has 1 aliphatic heterocycles. The van der Waals surface area contributed by atoms with Crippen LogP contribution in [0.15, 0.2) is 24.3 Å². The number of fused-ring (bicyclic) bond motifs is 1. The van der Waals surface area contributed by atoms with Gasteiger partial charge in [0.2, 0.25) is 21.9 Å². The van der Waals surface area contributed by atoms with E-state index in [-0.39, 0.29) is 23.1 Å². The molecule has 1 saturated heterocycles. The predicted octanol–water partition coefficient (Wildman–Crippen LogP) is 3.95. The van der Waals surface area contributed by atoms with Crippen LogP contribution in [0.3, 0.4) is 0 Å². The first kappa shape index (κ1) is 27.4. The van der Waals surface area contributed by atoms with Gasteiger partial charge < -0.3 is 9.64 Å². The summed E-state index contributed by atoms with van der Waals surface area (Å²) in [5.41, 5.74) is 0.986. The molecular formula is C27H35F2N7O3S. The van der Waals surface area contributed by atoms with Crippen LogP contribution < -0.4 is 9.62 Å². The summed E-state index contributed by atoms with van der Waals surface area (Å²) in [5.74, 6) is 1.31. The maximum atomic E-state index is 14.1. The monoisotopic (exact) mass is 575 g/mol. The van der Waals surface area contributed by atoms with Crippen LogP contribution in [0, 0.1) is 5.92 Å². The van der Waals surface area contributed by atoms with Crippen molar-refractivity contribution in [3.63, 3.8) is 0 Å². The zero-order valence-corrected chi connectivity index (χ0v) is 23.2. The average molecular weight is 576 g/mol. The van der Waals surface area contributed by atoms with Crippen molar-refractivity contribution in [3.05, 3.63) is 35.9 Å². The molecule has 0 radical (unpaired) electrons. The maximum Gasteiger partial charge on any atom is 0.296 e. The van der Waals surface area contributed by atoms with Crippen LogP contribution in [0.2, 0.25) is 0 Å². The molecule has 3 fully saturated rings. The van der Waals surface area contributed by atoms with Gasteiger partial charge in [0.05, 0.1) is 29.5 Å². The van der Waals surface area contributed by atoms with Gasteiger partial charge in [0, 0.05) is 25.6 Å². The minimum absolute atomic E-state index is 0.0399. The summed E-state index contributed by atoms with van der Waals surface area (Å²) in [6.45, 7) is 2.32. The second kappa shape index (κ2) is 11.6. The molecule has 216 valence electrons. The molecule has 1 aromatic carbocycles. The van der Waals surface area contributed by atoms with Crippen molar-refractivity contribution in [2.24, 2.45) is 5.92 Å². The summed E-state index contributed by atoms with van der Waals surface area (Å²) in [4.78, 5) is 20.2. The van der Waals surface area contributed by atoms with Crippen molar-refractivity contribution >= 4 is 27.0 Å². The number of sulfonamides is 1. The Morgan fingerprint density at radius 3 is 2.40 bits per heavy atom. The highest BCUT2D eigenvalue weighted by Crippen LogP contribution is 2.32. The van der Waals surface area contributed by atoms with E-state index in [1.807, 2.05) is 4.90 Å². The van der Waals surface area contributed by atoms with E-state index in [4.69, 9.17) is 9.72 Å². The Labute approximate surface area is 232 Å². The number of aryl methyl sites for hydroxylation is 1. The van der Waals surface area contributed by atoms with Gasteiger partial charge in [-0.25, -0.2) is 26.9 Å². The summed E-state index contributed by atoms with van der Waals surface area (Å²) in [6, 6.07) is 7.04. The Kier molecular flexibility index (Phi) is 7.95. The molecule has 3 aliphatic rings. The third-order valence-corrected chi connectivity index (χ3v) is 10.1. The Morgan fingerprint density at radius 2 is 1.68 bits per heavy atom. The number of nitrogens with one attached hydrogen (secondary N) is 1. The van der Waals surface area contributed by atoms with E-state index in [0.717, 1.165) is 51.4 Å². The van der Waals surface area contributed by atoms with Crippen LogP contribution in [-0.2, 0) is 21.2 Å². The second-order valence-electron chi connectivity index (χ2n) is 11.0. The van der Waals surface area contributed by atoms with Gasteiger partial charge in [-0.05, 0) is 63.0 Å². The maximum absolute atomic E-state index is 14.1. The first-order valence-corrected chi connectivity index (χ1v) is 15.8. The highest BCUT2D eigenvalue weighted by molar-refractivity contribution is 7.90. The first-order chi connectivity index (χ1) is 19.4. The fourth-order valence-corrected chi connectivity index (χ4v) is 7.39. The molecule has 6 rings (SSSR count). The number of imidazole rings is 1. The Balaban J connectivity index is 1.17. The van der Waals surface area contributed by atoms with Crippen molar-refractivity contribution in [2.45, 2.75) is 75.5 Å². The van der Waals surface area contributed by atoms with Gasteiger partial charge in [-0.1, -0.05) is 18.6 Å². The van der Waals surface area contributed by atoms with Crippen molar-refractivity contribution in [1.29, 1.82) is 0 Å². The Bertz CT molecular complexity index is 1430. The molecular weight excluding hydrogens is 540 g/mol. The van der Waals surface area contributed by atoms with Crippen molar-refractivity contribution < 1.29 is 21.9 Å². The van der Waals surface area contributed by atoms with Gasteiger partial charge in [0.1, 0.15) is 5.82 Å². The molecule has 2 aromatic heterocycles. The normalized spacial score (nSPS) is 22.3. The summed E-state index contributed by atoms with van der Waals surface area (Å²) >= 11 is 0. The van der Waals surface area contributed by atoms with E-state index in [1.165, 1.54) is 4.57 Å². The number of hydrogen-bond acceptors (Lipinski definition) is 8. The van der Waals surface area contributed by atoms with Crippen LogP contribution in [-0.4, -0.2) is 70.5 Å². The molecule has 0 bridgehead atoms. The molecule has 2 saturated carbocycles. The molecule has 13 heteroatoms. The number of benzene rings is 1. The smallest absolute Gasteiger partial charge is 0.296 e. The second-order valence-corrected chi connectivity index (χ2v) is 13.0. The highest BCUT2D eigenvalue weighted by atomic mass is 32.2. The lowest BCUT2D eigenvalue weighted by molar-refractivity contribution is 0.122. The van der Waals surface area contributed by atoms with E-state index in [1.54, 1.807) is 24.3 Å². The molecule has 40 heavy (non-hydrogen) atoms. The van der Waals surface area contributed by atoms with Gasteiger partial charge >= 0.3 is 0 Å². The third kappa shape index (κ3) is 6.10. The zero-order chi connectivity index (χ0) is 27.7. The first-order valence-electron chi connectivity index (χ1n) is 14.2. The average Bonchev–Trinajstić information content (AvgIpc) is 3.75. The topological polar surface area (TPSA) is 115 Å². The van der Waals surface area contributed by atoms with Gasteiger partial charge in [-0.3, -0.25) is 4.57 Å². The van der Waals surface area contributed by atoms with Crippen molar-refractivity contribution in [3.8, 4) is 5.95 Å². The molecule has 1 N–H and O–H groups in total. The Hall–Kier alpha value is -2.77. The van der Waals surface area contributed by atoms with Gasteiger partial charge in [-0.15, -0.1) is 0 Å². The summed E-state index contributed by atoms with van der Waals surface area (Å²) < 4.78 is 62.4. The molecule has 3 aromatic rings. The lowest BCUT2D eigenvalue weighted by Gasteiger charge is -2.29. The van der Waals surface area contributed by atoms with E-state index in [0.29, 0.717) is 61.4 Å². The lowest BCUT2D eigenvalue weighted by atomic mass is 9.83. The molecule has 0 atom stereocenters. The number of anilines is 1. The fraction of sp³-hybridized carbons (Fsp3) is 0.630. The molecule has 3 heterocycles. The molecule has 2 aliphatic carbocycles. The van der Waals surface area contributed by atoms with Crippen molar-refractivity contribution in [2.75, 3.05) is 31.2 Å². The summed E-state index contributed by atoms with van der Waals surface area (Å²) in [6.07, 6.45) is 4.87. The largest absolute Gasteiger partial charge is 0.378 e. The Morgan fingerprint density at radius 1 is 0.950 bits per heavy atom. The van der Waals surface area contributed by atoms with E-state index in [2.05, 4.69) is 19.7 Å². The van der Waals surface area contributed by atoms with E-state index >= 15 is 0 Å². The number of para-hydroxylation sites is 2. The molecule has 0 spiro atoms. The van der Waals surface area contributed by atoms with Crippen LogP contribution in [0.5, 0.6) is 0 Å². The summed E-state index contributed by atoms with van der Waals surface area (Å²) in [7, 11) is -3.15. The van der Waals surface area contributed by atoms with Gasteiger partial charge in [0.25, 0.3) is 6.43 Å². The number of halogens is 2. The van der Waals surface area contributed by atoms with Crippen LogP contribution in [0.4, 0.5) is 14.7 Å². The van der Waals surface area contributed by atoms with Gasteiger partial charge in [0.15, 0.2) is 5.82 Å².